The number of hydrogen-bond donors (Lipinski definition) is 1. The summed E-state index contributed by atoms with van der Waals surface area (Å²) in [5.41, 5.74) is 0.467. The van der Waals surface area contributed by atoms with Crippen LogP contribution < -0.4 is 9.47 Å². The summed E-state index contributed by atoms with van der Waals surface area (Å²) < 4.78 is 49.8. The first-order chi connectivity index (χ1) is 12.7. The lowest BCUT2D eigenvalue weighted by molar-refractivity contribution is -0.325. The number of hydrogen-bond acceptors (Lipinski definition) is 5. The third kappa shape index (κ3) is 5.85. The normalized spacial score (nSPS) is 12.5. The number of aliphatic hydroxyl groups excluding tert-OH is 1. The van der Waals surface area contributed by atoms with Gasteiger partial charge < -0.3 is 14.6 Å². The molecular weight excluding hydrogens is 389 g/mol. The number of halogens is 4. The molecule has 0 bridgehead atoms. The van der Waals surface area contributed by atoms with E-state index in [4.69, 9.17) is 21.1 Å². The highest BCUT2D eigenvalue weighted by molar-refractivity contribution is 6.32. The maximum Gasteiger partial charge on any atom is 0.522 e. The summed E-state index contributed by atoms with van der Waals surface area (Å²) in [6.45, 7) is -1.17. The Morgan fingerprint density at radius 1 is 1.19 bits per heavy atom. The van der Waals surface area contributed by atoms with Crippen LogP contribution in [0.25, 0.3) is 0 Å². The number of benzene rings is 2. The molecule has 0 aliphatic heterocycles. The van der Waals surface area contributed by atoms with Crippen molar-refractivity contribution in [2.24, 2.45) is 0 Å². The molecule has 0 radical (unpaired) electrons. The topological polar surface area (TPSA) is 65.0 Å². The average Bonchev–Trinajstić information content (AvgIpc) is 2.64. The van der Waals surface area contributed by atoms with Crippen LogP contribution in [0.4, 0.5) is 13.2 Å². The van der Waals surface area contributed by atoms with Crippen LogP contribution >= 0.6 is 11.6 Å². The van der Waals surface area contributed by atoms with Crippen LogP contribution in [0.3, 0.4) is 0 Å². The lowest BCUT2D eigenvalue weighted by Gasteiger charge is -2.16. The molecule has 1 unspecified atom stereocenters. The molecule has 0 saturated heterocycles. The molecule has 0 aliphatic rings. The van der Waals surface area contributed by atoms with E-state index in [9.17, 15) is 23.1 Å². The minimum absolute atomic E-state index is 0.0318. The van der Waals surface area contributed by atoms with Crippen molar-refractivity contribution in [3.05, 3.63) is 58.6 Å². The Balaban J connectivity index is 2.16. The van der Waals surface area contributed by atoms with Crippen molar-refractivity contribution in [1.82, 2.24) is 0 Å². The van der Waals surface area contributed by atoms with Gasteiger partial charge in [-0.2, -0.15) is 0 Å². The molecule has 2 aromatic rings. The highest BCUT2D eigenvalue weighted by Crippen LogP contribution is 2.37. The van der Waals surface area contributed by atoms with Crippen LogP contribution in [0.5, 0.6) is 11.5 Å². The summed E-state index contributed by atoms with van der Waals surface area (Å²) in [7, 11) is 1.28. The Labute approximate surface area is 158 Å². The zero-order valence-electron chi connectivity index (χ0n) is 14.1. The lowest BCUT2D eigenvalue weighted by Crippen LogP contribution is -2.18. The van der Waals surface area contributed by atoms with E-state index >= 15 is 0 Å². The Morgan fingerprint density at radius 3 is 2.44 bits per heavy atom. The van der Waals surface area contributed by atoms with E-state index in [1.807, 2.05) is 0 Å². The molecule has 0 fully saturated rings. The first-order valence-electron chi connectivity index (χ1n) is 7.71. The Kier molecular flexibility index (Phi) is 7.06. The molecule has 0 amide bonds. The van der Waals surface area contributed by atoms with Gasteiger partial charge in [-0.15, -0.1) is 13.2 Å². The van der Waals surface area contributed by atoms with Gasteiger partial charge in [0.15, 0.2) is 17.3 Å². The van der Waals surface area contributed by atoms with Gasteiger partial charge >= 0.3 is 6.36 Å². The molecular formula is C18H16ClF3O5. The van der Waals surface area contributed by atoms with Crippen molar-refractivity contribution >= 4 is 17.4 Å². The van der Waals surface area contributed by atoms with E-state index in [1.165, 1.54) is 19.2 Å². The van der Waals surface area contributed by atoms with Crippen LogP contribution in [0, 0.1) is 0 Å². The Morgan fingerprint density at radius 2 is 1.85 bits per heavy atom. The van der Waals surface area contributed by atoms with Crippen molar-refractivity contribution in [1.29, 1.82) is 0 Å². The second-order valence-electron chi connectivity index (χ2n) is 5.31. The number of Topliss-reactive ketones (excluding diaryl/α,β-unsaturated/α-hetero) is 1. The molecule has 1 N–H and O–H groups in total. The number of ketones is 1. The number of ether oxygens (including phenoxy) is 3. The Hall–Kier alpha value is -2.29. The SMILES string of the molecule is COc1cc(C(=O)C(O)c2ccccc2)cc(Cl)c1OCCOC(F)(F)F. The van der Waals surface area contributed by atoms with Crippen LogP contribution in [0.1, 0.15) is 22.0 Å². The molecule has 1 atom stereocenters. The van der Waals surface area contributed by atoms with Gasteiger partial charge in [0.25, 0.3) is 0 Å². The summed E-state index contributed by atoms with van der Waals surface area (Å²) in [5.74, 6) is -0.609. The van der Waals surface area contributed by atoms with Crippen molar-refractivity contribution in [3.63, 3.8) is 0 Å². The second-order valence-corrected chi connectivity index (χ2v) is 5.72. The highest BCUT2D eigenvalue weighted by atomic mass is 35.5. The summed E-state index contributed by atoms with van der Waals surface area (Å²) >= 11 is 6.08. The first kappa shape index (κ1) is 21.0. The predicted octanol–water partition coefficient (Wildman–Crippen LogP) is 4.18. The molecule has 146 valence electrons. The molecule has 5 nitrogen and oxygen atoms in total. The van der Waals surface area contributed by atoms with Gasteiger partial charge in [-0.25, -0.2) is 0 Å². The van der Waals surface area contributed by atoms with Crippen LogP contribution in [-0.2, 0) is 4.74 Å². The van der Waals surface area contributed by atoms with E-state index in [0.29, 0.717) is 5.56 Å². The number of rotatable bonds is 8. The summed E-state index contributed by atoms with van der Waals surface area (Å²) in [6, 6.07) is 10.8. The van der Waals surface area contributed by atoms with Gasteiger partial charge in [-0.05, 0) is 17.7 Å². The fourth-order valence-corrected chi connectivity index (χ4v) is 2.51. The average molecular weight is 405 g/mol. The van der Waals surface area contributed by atoms with Crippen molar-refractivity contribution in [3.8, 4) is 11.5 Å². The minimum Gasteiger partial charge on any atom is -0.493 e. The molecule has 0 heterocycles. The quantitative estimate of drug-likeness (QED) is 0.528. The number of carbonyl (C=O) groups excluding carboxylic acids is 1. The maximum atomic E-state index is 12.5. The second kappa shape index (κ2) is 9.07. The number of carbonyl (C=O) groups is 1. The van der Waals surface area contributed by atoms with Gasteiger partial charge in [0.1, 0.15) is 12.7 Å². The van der Waals surface area contributed by atoms with Crippen molar-refractivity contribution in [2.75, 3.05) is 20.3 Å². The molecule has 2 rings (SSSR count). The van der Waals surface area contributed by atoms with Crippen molar-refractivity contribution in [2.45, 2.75) is 12.5 Å². The fraction of sp³-hybridized carbons (Fsp3) is 0.278. The molecule has 0 aromatic heterocycles. The van der Waals surface area contributed by atoms with Crippen LogP contribution in [-0.4, -0.2) is 37.6 Å². The van der Waals surface area contributed by atoms with Gasteiger partial charge in [-0.1, -0.05) is 41.9 Å². The maximum absolute atomic E-state index is 12.5. The van der Waals surface area contributed by atoms with E-state index in [2.05, 4.69) is 4.74 Å². The molecule has 0 spiro atoms. The number of methoxy groups -OCH3 is 1. The van der Waals surface area contributed by atoms with Gasteiger partial charge in [0.05, 0.1) is 18.7 Å². The first-order valence-corrected chi connectivity index (χ1v) is 8.09. The molecule has 9 heteroatoms. The number of aliphatic hydroxyl groups is 1. The summed E-state index contributed by atoms with van der Waals surface area (Å²) in [5, 5.41) is 10.2. The van der Waals surface area contributed by atoms with E-state index in [1.54, 1.807) is 30.3 Å². The third-order valence-electron chi connectivity index (χ3n) is 3.47. The highest BCUT2D eigenvalue weighted by Gasteiger charge is 2.29. The van der Waals surface area contributed by atoms with E-state index in [-0.39, 0.29) is 22.1 Å². The Bertz CT molecular complexity index is 781. The summed E-state index contributed by atoms with van der Waals surface area (Å²) in [4.78, 5) is 12.5. The molecule has 0 saturated carbocycles. The van der Waals surface area contributed by atoms with Crippen molar-refractivity contribution < 1.29 is 37.3 Å². The fourth-order valence-electron chi connectivity index (χ4n) is 2.25. The lowest BCUT2D eigenvalue weighted by atomic mass is 9.99. The van der Waals surface area contributed by atoms with Crippen LogP contribution in [0.15, 0.2) is 42.5 Å². The van der Waals surface area contributed by atoms with Crippen LogP contribution in [0.2, 0.25) is 5.02 Å². The third-order valence-corrected chi connectivity index (χ3v) is 3.75. The number of alkyl halides is 3. The van der Waals surface area contributed by atoms with Gasteiger partial charge in [0.2, 0.25) is 0 Å². The monoisotopic (exact) mass is 404 g/mol. The molecule has 27 heavy (non-hydrogen) atoms. The molecule has 2 aromatic carbocycles. The van der Waals surface area contributed by atoms with Gasteiger partial charge in [-0.3, -0.25) is 9.53 Å². The summed E-state index contributed by atoms with van der Waals surface area (Å²) in [6.07, 6.45) is -6.17. The van der Waals surface area contributed by atoms with E-state index < -0.39 is 31.5 Å². The smallest absolute Gasteiger partial charge is 0.493 e. The predicted molar refractivity (Wildman–Crippen MR) is 91.2 cm³/mol. The van der Waals surface area contributed by atoms with Gasteiger partial charge in [0, 0.05) is 5.56 Å². The molecule has 0 aliphatic carbocycles. The minimum atomic E-state index is -4.76. The zero-order chi connectivity index (χ0) is 20.0. The largest absolute Gasteiger partial charge is 0.522 e. The standard InChI is InChI=1S/C18H16ClF3O5/c1-25-14-10-12(16(24)15(23)11-5-3-2-4-6-11)9-13(19)17(14)26-7-8-27-18(20,21)22/h2-6,9-10,15,23H,7-8H2,1H3. The van der Waals surface area contributed by atoms with E-state index in [0.717, 1.165) is 0 Å². The zero-order valence-corrected chi connectivity index (χ0v) is 14.9.